The fourth-order valence-electron chi connectivity index (χ4n) is 3.86. The molecule has 0 spiro atoms. The Labute approximate surface area is 123 Å². The maximum absolute atomic E-state index is 3.55. The number of piperidine rings is 1. The van der Waals surface area contributed by atoms with Crippen LogP contribution in [-0.2, 0) is 6.42 Å². The summed E-state index contributed by atoms with van der Waals surface area (Å²) in [6, 6.07) is 8.99. The molecule has 3 rings (SSSR count). The van der Waals surface area contributed by atoms with Crippen molar-refractivity contribution < 1.29 is 0 Å². The number of rotatable bonds is 6. The van der Waals surface area contributed by atoms with Gasteiger partial charge in [0.05, 0.1) is 0 Å². The molecule has 110 valence electrons. The lowest BCUT2D eigenvalue weighted by atomic mass is 9.77. The fourth-order valence-corrected chi connectivity index (χ4v) is 3.86. The summed E-state index contributed by atoms with van der Waals surface area (Å²) in [6.45, 7) is 8.57. The number of hydrogen-bond acceptors (Lipinski definition) is 2. The molecule has 0 bridgehead atoms. The molecule has 1 N–H and O–H groups in total. The molecule has 0 amide bonds. The zero-order chi connectivity index (χ0) is 13.8. The molecule has 1 aromatic carbocycles. The van der Waals surface area contributed by atoms with Gasteiger partial charge in [0.15, 0.2) is 0 Å². The fraction of sp³-hybridized carbons (Fsp3) is 0.667. The SMILES string of the molecule is CCCN(CC1CCCNC1)CC1Cc2ccccc21. The molecular formula is C18H28N2. The van der Waals surface area contributed by atoms with Gasteiger partial charge in [0.1, 0.15) is 0 Å². The summed E-state index contributed by atoms with van der Waals surface area (Å²) >= 11 is 0. The zero-order valence-corrected chi connectivity index (χ0v) is 12.8. The first-order chi connectivity index (χ1) is 9.86. The van der Waals surface area contributed by atoms with E-state index in [9.17, 15) is 0 Å². The van der Waals surface area contributed by atoms with E-state index < -0.39 is 0 Å². The van der Waals surface area contributed by atoms with Crippen LogP contribution in [0.3, 0.4) is 0 Å². The van der Waals surface area contributed by atoms with Crippen molar-refractivity contribution in [2.75, 3.05) is 32.7 Å². The van der Waals surface area contributed by atoms with Crippen molar-refractivity contribution in [3.63, 3.8) is 0 Å². The van der Waals surface area contributed by atoms with Gasteiger partial charge in [-0.15, -0.1) is 0 Å². The topological polar surface area (TPSA) is 15.3 Å². The molecule has 1 fully saturated rings. The molecule has 20 heavy (non-hydrogen) atoms. The average molecular weight is 272 g/mol. The second-order valence-electron chi connectivity index (χ2n) is 6.57. The highest BCUT2D eigenvalue weighted by molar-refractivity contribution is 5.40. The highest BCUT2D eigenvalue weighted by Gasteiger charge is 2.28. The Kier molecular flexibility index (Phi) is 4.74. The third-order valence-electron chi connectivity index (χ3n) is 4.89. The molecule has 2 heteroatoms. The van der Waals surface area contributed by atoms with E-state index in [1.54, 1.807) is 11.1 Å². The summed E-state index contributed by atoms with van der Waals surface area (Å²) in [4.78, 5) is 2.72. The van der Waals surface area contributed by atoms with Gasteiger partial charge in [0.2, 0.25) is 0 Å². The third-order valence-corrected chi connectivity index (χ3v) is 4.89. The average Bonchev–Trinajstić information content (AvgIpc) is 2.46. The van der Waals surface area contributed by atoms with Crippen LogP contribution in [0.1, 0.15) is 43.2 Å². The van der Waals surface area contributed by atoms with Crippen LogP contribution < -0.4 is 5.32 Å². The Balaban J connectivity index is 1.55. The number of benzene rings is 1. The summed E-state index contributed by atoms with van der Waals surface area (Å²) in [5.41, 5.74) is 3.18. The first kappa shape index (κ1) is 14.1. The molecule has 0 radical (unpaired) electrons. The lowest BCUT2D eigenvalue weighted by Gasteiger charge is -2.37. The number of nitrogens with zero attached hydrogens (tertiary/aromatic N) is 1. The smallest absolute Gasteiger partial charge is 0.00537 e. The molecule has 2 atom stereocenters. The van der Waals surface area contributed by atoms with Crippen molar-refractivity contribution >= 4 is 0 Å². The van der Waals surface area contributed by atoms with Crippen molar-refractivity contribution in [3.8, 4) is 0 Å². The van der Waals surface area contributed by atoms with Crippen molar-refractivity contribution in [1.29, 1.82) is 0 Å². The van der Waals surface area contributed by atoms with Crippen LogP contribution in [0.4, 0.5) is 0 Å². The first-order valence-electron chi connectivity index (χ1n) is 8.37. The lowest BCUT2D eigenvalue weighted by molar-refractivity contribution is 0.193. The summed E-state index contributed by atoms with van der Waals surface area (Å²) in [7, 11) is 0. The molecule has 2 nitrogen and oxygen atoms in total. The standard InChI is InChI=1S/C18H28N2/c1-2-10-20(13-15-6-5-9-19-12-15)14-17-11-16-7-3-4-8-18(16)17/h3-4,7-8,15,17,19H,2,5-6,9-14H2,1H3. The molecule has 1 heterocycles. The van der Waals surface area contributed by atoms with Crippen molar-refractivity contribution in [1.82, 2.24) is 10.2 Å². The Morgan fingerprint density at radius 3 is 2.90 bits per heavy atom. The number of hydrogen-bond donors (Lipinski definition) is 1. The van der Waals surface area contributed by atoms with Gasteiger partial charge in [-0.2, -0.15) is 0 Å². The van der Waals surface area contributed by atoms with Gasteiger partial charge < -0.3 is 10.2 Å². The predicted molar refractivity (Wildman–Crippen MR) is 85.2 cm³/mol. The molecule has 0 aromatic heterocycles. The van der Waals surface area contributed by atoms with Crippen LogP contribution in [0, 0.1) is 5.92 Å². The van der Waals surface area contributed by atoms with E-state index in [-0.39, 0.29) is 0 Å². The van der Waals surface area contributed by atoms with Gasteiger partial charge in [0, 0.05) is 19.0 Å². The van der Waals surface area contributed by atoms with Gasteiger partial charge in [-0.05, 0) is 62.4 Å². The largest absolute Gasteiger partial charge is 0.316 e. The molecular weight excluding hydrogens is 244 g/mol. The van der Waals surface area contributed by atoms with Crippen LogP contribution in [0.2, 0.25) is 0 Å². The summed E-state index contributed by atoms with van der Waals surface area (Å²) in [5, 5.41) is 3.55. The highest BCUT2D eigenvalue weighted by Crippen LogP contribution is 2.35. The highest BCUT2D eigenvalue weighted by atomic mass is 15.1. The van der Waals surface area contributed by atoms with Crippen molar-refractivity contribution in [2.45, 2.75) is 38.5 Å². The number of nitrogens with one attached hydrogen (secondary N) is 1. The summed E-state index contributed by atoms with van der Waals surface area (Å²) in [6.07, 6.45) is 5.33. The monoisotopic (exact) mass is 272 g/mol. The van der Waals surface area contributed by atoms with Gasteiger partial charge in [0.25, 0.3) is 0 Å². The quantitative estimate of drug-likeness (QED) is 0.856. The molecule has 1 aliphatic carbocycles. The van der Waals surface area contributed by atoms with Gasteiger partial charge in [-0.1, -0.05) is 31.2 Å². The van der Waals surface area contributed by atoms with E-state index in [0.717, 1.165) is 11.8 Å². The van der Waals surface area contributed by atoms with Gasteiger partial charge in [-0.3, -0.25) is 0 Å². The van der Waals surface area contributed by atoms with Crippen LogP contribution in [0.15, 0.2) is 24.3 Å². The Hall–Kier alpha value is -0.860. The van der Waals surface area contributed by atoms with E-state index in [1.165, 1.54) is 58.4 Å². The normalized spacial score (nSPS) is 25.3. The molecule has 1 aliphatic heterocycles. The minimum atomic E-state index is 0.786. The number of fused-ring (bicyclic) bond motifs is 1. The third kappa shape index (κ3) is 3.24. The maximum atomic E-state index is 3.55. The molecule has 0 saturated carbocycles. The van der Waals surface area contributed by atoms with Gasteiger partial charge >= 0.3 is 0 Å². The molecule has 1 saturated heterocycles. The van der Waals surface area contributed by atoms with Crippen LogP contribution in [-0.4, -0.2) is 37.6 Å². The van der Waals surface area contributed by atoms with Gasteiger partial charge in [-0.25, -0.2) is 0 Å². The summed E-state index contributed by atoms with van der Waals surface area (Å²) in [5.74, 6) is 1.65. The van der Waals surface area contributed by atoms with Crippen LogP contribution in [0.25, 0.3) is 0 Å². The zero-order valence-electron chi connectivity index (χ0n) is 12.8. The van der Waals surface area contributed by atoms with E-state index in [1.807, 2.05) is 0 Å². The summed E-state index contributed by atoms with van der Waals surface area (Å²) < 4.78 is 0. The molecule has 2 aliphatic rings. The first-order valence-corrected chi connectivity index (χ1v) is 8.37. The van der Waals surface area contributed by atoms with Crippen LogP contribution >= 0.6 is 0 Å². The van der Waals surface area contributed by atoms with Crippen molar-refractivity contribution in [3.05, 3.63) is 35.4 Å². The predicted octanol–water partition coefficient (Wildman–Crippen LogP) is 3.04. The van der Waals surface area contributed by atoms with E-state index >= 15 is 0 Å². The molecule has 1 aromatic rings. The van der Waals surface area contributed by atoms with E-state index in [2.05, 4.69) is 41.4 Å². The molecule has 2 unspecified atom stereocenters. The second kappa shape index (κ2) is 6.73. The van der Waals surface area contributed by atoms with Crippen LogP contribution in [0.5, 0.6) is 0 Å². The minimum Gasteiger partial charge on any atom is -0.316 e. The maximum Gasteiger partial charge on any atom is 0.00537 e. The van der Waals surface area contributed by atoms with E-state index in [4.69, 9.17) is 0 Å². The Morgan fingerprint density at radius 2 is 2.15 bits per heavy atom. The van der Waals surface area contributed by atoms with Crippen molar-refractivity contribution in [2.24, 2.45) is 5.92 Å². The Bertz CT molecular complexity index is 423. The lowest BCUT2D eigenvalue weighted by Crippen LogP contribution is -2.41. The second-order valence-corrected chi connectivity index (χ2v) is 6.57. The Morgan fingerprint density at radius 1 is 1.25 bits per heavy atom. The van der Waals surface area contributed by atoms with E-state index in [0.29, 0.717) is 0 Å². The minimum absolute atomic E-state index is 0.786.